The number of ketones is 1. The first-order valence-corrected chi connectivity index (χ1v) is 10.3. The summed E-state index contributed by atoms with van der Waals surface area (Å²) in [6.07, 6.45) is 3.93. The van der Waals surface area contributed by atoms with E-state index in [0.717, 1.165) is 25.7 Å². The molecule has 1 fully saturated rings. The van der Waals surface area contributed by atoms with E-state index in [1.165, 1.54) is 0 Å². The first-order chi connectivity index (χ1) is 14.6. The average molecular weight is 407 g/mol. The van der Waals surface area contributed by atoms with Crippen molar-refractivity contribution in [3.8, 4) is 11.5 Å². The maximum atomic E-state index is 13.0. The number of nitrogens with zero attached hydrogens (tertiary/aromatic N) is 1. The van der Waals surface area contributed by atoms with E-state index in [2.05, 4.69) is 6.92 Å². The number of rotatable bonds is 7. The van der Waals surface area contributed by atoms with Crippen LogP contribution >= 0.6 is 0 Å². The fourth-order valence-corrected chi connectivity index (χ4v) is 4.00. The highest BCUT2D eigenvalue weighted by atomic mass is 16.7. The van der Waals surface area contributed by atoms with Crippen LogP contribution in [0, 0.1) is 0 Å². The van der Waals surface area contributed by atoms with Crippen LogP contribution in [-0.2, 0) is 9.59 Å². The molecule has 1 atom stereocenters. The van der Waals surface area contributed by atoms with E-state index in [0.29, 0.717) is 29.2 Å². The second-order valence-electron chi connectivity index (χ2n) is 7.53. The summed E-state index contributed by atoms with van der Waals surface area (Å²) in [6.45, 7) is 2.72. The van der Waals surface area contributed by atoms with Crippen molar-refractivity contribution in [2.75, 3.05) is 13.3 Å². The van der Waals surface area contributed by atoms with Crippen LogP contribution in [-0.4, -0.2) is 35.0 Å². The molecule has 156 valence electrons. The van der Waals surface area contributed by atoms with Crippen LogP contribution in [0.1, 0.15) is 49.8 Å². The van der Waals surface area contributed by atoms with Gasteiger partial charge in [-0.15, -0.1) is 0 Å². The van der Waals surface area contributed by atoms with E-state index >= 15 is 0 Å². The molecule has 0 aliphatic carbocycles. The van der Waals surface area contributed by atoms with Gasteiger partial charge in [0.25, 0.3) is 11.7 Å². The van der Waals surface area contributed by atoms with Gasteiger partial charge in [0.15, 0.2) is 11.5 Å². The number of amides is 1. The van der Waals surface area contributed by atoms with Crippen LogP contribution < -0.4 is 9.47 Å². The molecule has 2 heterocycles. The Morgan fingerprint density at radius 2 is 1.80 bits per heavy atom. The highest BCUT2D eigenvalue weighted by molar-refractivity contribution is 6.46. The lowest BCUT2D eigenvalue weighted by Gasteiger charge is -2.25. The largest absolute Gasteiger partial charge is 0.507 e. The third-order valence-corrected chi connectivity index (χ3v) is 5.55. The van der Waals surface area contributed by atoms with Crippen molar-refractivity contribution < 1.29 is 24.2 Å². The summed E-state index contributed by atoms with van der Waals surface area (Å²) in [5.41, 5.74) is 1.33. The molecule has 2 aromatic carbocycles. The quantitative estimate of drug-likeness (QED) is 0.318. The number of hydrogen-bond acceptors (Lipinski definition) is 5. The molecule has 2 aromatic rings. The molecule has 0 saturated carbocycles. The zero-order chi connectivity index (χ0) is 21.1. The van der Waals surface area contributed by atoms with Crippen LogP contribution in [0.4, 0.5) is 0 Å². The Labute approximate surface area is 175 Å². The van der Waals surface area contributed by atoms with Crippen molar-refractivity contribution >= 4 is 17.4 Å². The molecule has 30 heavy (non-hydrogen) atoms. The Balaban J connectivity index is 1.77. The molecule has 6 heteroatoms. The average Bonchev–Trinajstić information content (AvgIpc) is 3.34. The van der Waals surface area contributed by atoms with Gasteiger partial charge in [0, 0.05) is 12.1 Å². The van der Waals surface area contributed by atoms with E-state index < -0.39 is 17.7 Å². The summed E-state index contributed by atoms with van der Waals surface area (Å²) in [5, 5.41) is 11.0. The Morgan fingerprint density at radius 1 is 1.03 bits per heavy atom. The predicted molar refractivity (Wildman–Crippen MR) is 112 cm³/mol. The molecule has 4 rings (SSSR count). The van der Waals surface area contributed by atoms with Gasteiger partial charge >= 0.3 is 0 Å². The Bertz CT molecular complexity index is 982. The molecule has 0 spiro atoms. The number of Topliss-reactive ketones (excluding diaryl/α,β-unsaturated/α-hetero) is 1. The van der Waals surface area contributed by atoms with E-state index in [9.17, 15) is 14.7 Å². The van der Waals surface area contributed by atoms with Gasteiger partial charge in [-0.3, -0.25) is 9.59 Å². The Hall–Kier alpha value is -3.28. The standard InChI is InChI=1S/C24H25NO5/c1-2-3-4-8-13-25-21(17-11-12-18-19(14-17)30-15-29-18)20(23(27)24(25)28)22(26)16-9-6-5-7-10-16/h5-7,9-12,14,21,26H,2-4,8,13,15H2,1H3. The number of carbonyl (C=O) groups excluding carboxylic acids is 2. The molecular formula is C24H25NO5. The number of carbonyl (C=O) groups is 2. The number of ether oxygens (including phenoxy) is 2. The number of unbranched alkanes of at least 4 members (excludes halogenated alkanes) is 3. The van der Waals surface area contributed by atoms with E-state index in [1.54, 1.807) is 41.3 Å². The van der Waals surface area contributed by atoms with E-state index in [4.69, 9.17) is 9.47 Å². The van der Waals surface area contributed by atoms with Crippen molar-refractivity contribution in [2.24, 2.45) is 0 Å². The van der Waals surface area contributed by atoms with Crippen molar-refractivity contribution in [2.45, 2.75) is 38.6 Å². The van der Waals surface area contributed by atoms with Crippen LogP contribution in [0.15, 0.2) is 54.1 Å². The van der Waals surface area contributed by atoms with Crippen LogP contribution in [0.5, 0.6) is 11.5 Å². The molecular weight excluding hydrogens is 382 g/mol. The summed E-state index contributed by atoms with van der Waals surface area (Å²) >= 11 is 0. The van der Waals surface area contributed by atoms with Gasteiger partial charge < -0.3 is 19.5 Å². The first-order valence-electron chi connectivity index (χ1n) is 10.3. The van der Waals surface area contributed by atoms with Crippen LogP contribution in [0.3, 0.4) is 0 Å². The van der Waals surface area contributed by atoms with Gasteiger partial charge in [-0.1, -0.05) is 62.6 Å². The number of hydrogen-bond donors (Lipinski definition) is 1. The second kappa shape index (κ2) is 8.61. The number of fused-ring (bicyclic) bond motifs is 1. The summed E-state index contributed by atoms with van der Waals surface area (Å²) in [4.78, 5) is 27.5. The van der Waals surface area contributed by atoms with Crippen molar-refractivity contribution in [3.05, 3.63) is 65.2 Å². The van der Waals surface area contributed by atoms with E-state index in [1.807, 2.05) is 12.1 Å². The van der Waals surface area contributed by atoms with E-state index in [-0.39, 0.29) is 18.1 Å². The third-order valence-electron chi connectivity index (χ3n) is 5.55. The molecule has 2 aliphatic heterocycles. The fourth-order valence-electron chi connectivity index (χ4n) is 4.00. The minimum Gasteiger partial charge on any atom is -0.507 e. The second-order valence-corrected chi connectivity index (χ2v) is 7.53. The molecule has 1 N–H and O–H groups in total. The van der Waals surface area contributed by atoms with Gasteiger partial charge in [0.05, 0.1) is 11.6 Å². The molecule has 1 saturated heterocycles. The van der Waals surface area contributed by atoms with Crippen molar-refractivity contribution in [1.82, 2.24) is 4.90 Å². The molecule has 6 nitrogen and oxygen atoms in total. The molecule has 0 aromatic heterocycles. The number of likely N-dealkylation sites (tertiary alicyclic amines) is 1. The zero-order valence-corrected chi connectivity index (χ0v) is 17.0. The van der Waals surface area contributed by atoms with Gasteiger partial charge in [-0.05, 0) is 24.1 Å². The lowest BCUT2D eigenvalue weighted by Crippen LogP contribution is -2.30. The highest BCUT2D eigenvalue weighted by Crippen LogP contribution is 2.43. The van der Waals surface area contributed by atoms with Gasteiger partial charge in [-0.2, -0.15) is 0 Å². The fraction of sp³-hybridized carbons (Fsp3) is 0.333. The molecule has 0 radical (unpaired) electrons. The summed E-state index contributed by atoms with van der Waals surface area (Å²) in [5.74, 6) is -0.195. The van der Waals surface area contributed by atoms with Crippen LogP contribution in [0.2, 0.25) is 0 Å². The summed E-state index contributed by atoms with van der Waals surface area (Å²) in [7, 11) is 0. The molecule has 1 unspecified atom stereocenters. The Kier molecular flexibility index (Phi) is 5.74. The zero-order valence-electron chi connectivity index (χ0n) is 17.0. The molecule has 0 bridgehead atoms. The van der Waals surface area contributed by atoms with Gasteiger partial charge in [0.2, 0.25) is 6.79 Å². The highest BCUT2D eigenvalue weighted by Gasteiger charge is 2.46. The lowest BCUT2D eigenvalue weighted by atomic mass is 9.95. The summed E-state index contributed by atoms with van der Waals surface area (Å²) in [6, 6.07) is 13.6. The minimum atomic E-state index is -0.665. The smallest absolute Gasteiger partial charge is 0.295 e. The maximum Gasteiger partial charge on any atom is 0.295 e. The normalized spacial score (nSPS) is 19.5. The number of benzene rings is 2. The third kappa shape index (κ3) is 3.65. The Morgan fingerprint density at radius 3 is 2.57 bits per heavy atom. The first kappa shape index (κ1) is 20.0. The van der Waals surface area contributed by atoms with Crippen LogP contribution in [0.25, 0.3) is 5.76 Å². The molecule has 1 amide bonds. The maximum absolute atomic E-state index is 13.0. The SMILES string of the molecule is CCCCCCN1C(=O)C(=O)C(=C(O)c2ccccc2)C1c1ccc2c(c1)OCO2. The topological polar surface area (TPSA) is 76.1 Å². The number of aliphatic hydroxyl groups excluding tert-OH is 1. The monoisotopic (exact) mass is 407 g/mol. The molecule has 2 aliphatic rings. The lowest BCUT2D eigenvalue weighted by molar-refractivity contribution is -0.139. The van der Waals surface area contributed by atoms with Gasteiger partial charge in [0.1, 0.15) is 5.76 Å². The number of aliphatic hydroxyl groups is 1. The van der Waals surface area contributed by atoms with Crippen molar-refractivity contribution in [3.63, 3.8) is 0 Å². The van der Waals surface area contributed by atoms with Crippen molar-refractivity contribution in [1.29, 1.82) is 0 Å². The summed E-state index contributed by atoms with van der Waals surface area (Å²) < 4.78 is 10.9. The van der Waals surface area contributed by atoms with Gasteiger partial charge in [-0.25, -0.2) is 0 Å². The predicted octanol–water partition coefficient (Wildman–Crippen LogP) is 4.42. The minimum absolute atomic E-state index is 0.112.